The van der Waals surface area contributed by atoms with Gasteiger partial charge >= 0.3 is 4.87 Å². The molecule has 0 unspecified atom stereocenters. The molecule has 5 heteroatoms. The van der Waals surface area contributed by atoms with Gasteiger partial charge in [-0.1, -0.05) is 23.5 Å². The Labute approximate surface area is 95.8 Å². The van der Waals surface area contributed by atoms with Crippen molar-refractivity contribution in [2.24, 2.45) is 0 Å². The van der Waals surface area contributed by atoms with E-state index in [1.165, 1.54) is 0 Å². The highest BCUT2D eigenvalue weighted by molar-refractivity contribution is 7.09. The Morgan fingerprint density at radius 2 is 1.81 bits per heavy atom. The van der Waals surface area contributed by atoms with Crippen molar-refractivity contribution in [1.82, 2.24) is 4.98 Å². The number of hydrogen-bond donors (Lipinski definition) is 3. The molecule has 0 aliphatic carbocycles. The lowest BCUT2D eigenvalue weighted by Crippen LogP contribution is -1.89. The second kappa shape index (κ2) is 4.40. The average molecular weight is 237 g/mol. The van der Waals surface area contributed by atoms with Crippen LogP contribution in [0.4, 0.5) is 0 Å². The topological polar surface area (TPSA) is 73.3 Å². The van der Waals surface area contributed by atoms with Gasteiger partial charge < -0.3 is 10.2 Å². The molecule has 0 atom stereocenters. The molecule has 16 heavy (non-hydrogen) atoms. The lowest BCUT2D eigenvalue weighted by atomic mass is 10.1. The lowest BCUT2D eigenvalue weighted by Gasteiger charge is -2.00. The van der Waals surface area contributed by atoms with Gasteiger partial charge in [-0.2, -0.15) is 0 Å². The number of rotatable bonds is 3. The minimum absolute atomic E-state index is 0.0335. The quantitative estimate of drug-likeness (QED) is 0.759. The molecule has 84 valence electrons. The van der Waals surface area contributed by atoms with Crippen molar-refractivity contribution in [3.8, 4) is 11.6 Å². The number of phenolic OH excluding ortho intramolecular Hbond substituents is 1. The van der Waals surface area contributed by atoms with Crippen LogP contribution in [0.1, 0.15) is 10.4 Å². The van der Waals surface area contributed by atoms with Crippen LogP contribution >= 0.6 is 11.3 Å². The van der Waals surface area contributed by atoms with Gasteiger partial charge in [-0.3, -0.25) is 9.78 Å². The summed E-state index contributed by atoms with van der Waals surface area (Å²) in [5, 5.41) is 18.5. The largest absolute Gasteiger partial charge is 0.508 e. The Kier molecular flexibility index (Phi) is 2.96. The fraction of sp³-hybridized carbons (Fsp3) is 0.182. The Morgan fingerprint density at radius 3 is 2.38 bits per heavy atom. The first kappa shape index (κ1) is 10.8. The number of hydrogen-bond acceptors (Lipinski definition) is 4. The summed E-state index contributed by atoms with van der Waals surface area (Å²) in [7, 11) is 0. The maximum atomic E-state index is 10.9. The zero-order valence-corrected chi connectivity index (χ0v) is 9.25. The molecular weight excluding hydrogens is 226 g/mol. The van der Waals surface area contributed by atoms with Gasteiger partial charge in [0.25, 0.3) is 0 Å². The molecule has 4 nitrogen and oxygen atoms in total. The van der Waals surface area contributed by atoms with Gasteiger partial charge in [0, 0.05) is 0 Å². The average Bonchev–Trinajstić information content (AvgIpc) is 2.57. The van der Waals surface area contributed by atoms with Gasteiger partial charge in [0.1, 0.15) is 5.75 Å². The van der Waals surface area contributed by atoms with E-state index in [-0.39, 0.29) is 16.5 Å². The summed E-state index contributed by atoms with van der Waals surface area (Å²) in [4.78, 5) is 13.7. The molecule has 2 rings (SSSR count). The second-order valence-corrected chi connectivity index (χ2v) is 4.52. The molecule has 1 aromatic carbocycles. The maximum Gasteiger partial charge on any atom is 0.307 e. The minimum Gasteiger partial charge on any atom is -0.508 e. The third-order valence-electron chi connectivity index (χ3n) is 2.28. The molecule has 0 fully saturated rings. The van der Waals surface area contributed by atoms with Crippen molar-refractivity contribution in [3.05, 3.63) is 44.4 Å². The summed E-state index contributed by atoms with van der Waals surface area (Å²) in [5.41, 5.74) is 1.05. The van der Waals surface area contributed by atoms with Crippen LogP contribution in [0, 0.1) is 0 Å². The monoisotopic (exact) mass is 237 g/mol. The van der Waals surface area contributed by atoms with Crippen molar-refractivity contribution in [1.29, 1.82) is 0 Å². The molecule has 0 saturated heterocycles. The Bertz CT molecular complexity index is 527. The number of aromatic amines is 1. The third kappa shape index (κ3) is 2.43. The lowest BCUT2D eigenvalue weighted by molar-refractivity contribution is 0.450. The number of aromatic nitrogens is 1. The molecule has 0 bridgehead atoms. The van der Waals surface area contributed by atoms with E-state index in [0.717, 1.165) is 23.3 Å². The predicted molar refractivity (Wildman–Crippen MR) is 62.1 cm³/mol. The third-order valence-corrected chi connectivity index (χ3v) is 3.21. The first-order chi connectivity index (χ1) is 7.65. The van der Waals surface area contributed by atoms with Crippen molar-refractivity contribution in [3.63, 3.8) is 0 Å². The predicted octanol–water partition coefficient (Wildman–Crippen LogP) is 1.63. The number of H-pyrrole nitrogens is 1. The smallest absolute Gasteiger partial charge is 0.307 e. The van der Waals surface area contributed by atoms with E-state index in [2.05, 4.69) is 4.98 Å². The molecule has 0 aliphatic heterocycles. The van der Waals surface area contributed by atoms with E-state index >= 15 is 0 Å². The number of phenols is 1. The van der Waals surface area contributed by atoms with Crippen molar-refractivity contribution in [2.45, 2.75) is 12.8 Å². The highest BCUT2D eigenvalue weighted by atomic mass is 32.1. The van der Waals surface area contributed by atoms with Crippen LogP contribution in [0.5, 0.6) is 11.6 Å². The molecular formula is C11H11NO3S. The van der Waals surface area contributed by atoms with E-state index in [9.17, 15) is 9.90 Å². The Balaban J connectivity index is 2.05. The van der Waals surface area contributed by atoms with E-state index in [1.54, 1.807) is 12.1 Å². The highest BCUT2D eigenvalue weighted by Gasteiger charge is 2.06. The number of aromatic hydroxyl groups is 2. The van der Waals surface area contributed by atoms with Crippen LogP contribution in [-0.2, 0) is 12.8 Å². The Hall–Kier alpha value is -1.75. The van der Waals surface area contributed by atoms with Crippen molar-refractivity contribution >= 4 is 11.3 Å². The minimum atomic E-state index is -0.238. The number of nitrogens with one attached hydrogen (secondary N) is 1. The summed E-state index contributed by atoms with van der Waals surface area (Å²) >= 11 is 1.03. The van der Waals surface area contributed by atoms with E-state index in [4.69, 9.17) is 5.11 Å². The molecule has 3 N–H and O–H groups in total. The van der Waals surface area contributed by atoms with Crippen LogP contribution in [0.2, 0.25) is 0 Å². The van der Waals surface area contributed by atoms with Crippen LogP contribution in [-0.4, -0.2) is 15.2 Å². The number of aryl methyl sites for hydroxylation is 2. The normalized spacial score (nSPS) is 10.5. The van der Waals surface area contributed by atoms with Crippen LogP contribution in [0.25, 0.3) is 0 Å². The van der Waals surface area contributed by atoms with Gasteiger partial charge in [0.05, 0.1) is 4.88 Å². The molecule has 1 heterocycles. The van der Waals surface area contributed by atoms with Gasteiger partial charge in [0.15, 0.2) is 0 Å². The molecule has 2 aromatic rings. The summed E-state index contributed by atoms with van der Waals surface area (Å²) in [5.74, 6) is 0.201. The molecule has 0 aliphatic rings. The van der Waals surface area contributed by atoms with Crippen molar-refractivity contribution in [2.75, 3.05) is 0 Å². The van der Waals surface area contributed by atoms with E-state index < -0.39 is 0 Å². The summed E-state index contributed by atoms with van der Waals surface area (Å²) in [6, 6.07) is 6.88. The van der Waals surface area contributed by atoms with Gasteiger partial charge in [-0.15, -0.1) is 0 Å². The van der Waals surface area contributed by atoms with Crippen molar-refractivity contribution < 1.29 is 10.2 Å². The number of benzene rings is 1. The van der Waals surface area contributed by atoms with Gasteiger partial charge in [0.2, 0.25) is 5.88 Å². The maximum absolute atomic E-state index is 10.9. The zero-order valence-electron chi connectivity index (χ0n) is 8.43. The van der Waals surface area contributed by atoms with E-state index in [1.807, 2.05) is 12.1 Å². The second-order valence-electron chi connectivity index (χ2n) is 3.45. The van der Waals surface area contributed by atoms with Crippen LogP contribution in [0.3, 0.4) is 0 Å². The summed E-state index contributed by atoms with van der Waals surface area (Å²) in [6.45, 7) is 0. The summed E-state index contributed by atoms with van der Waals surface area (Å²) < 4.78 is 0. The first-order valence-corrected chi connectivity index (χ1v) is 5.65. The fourth-order valence-electron chi connectivity index (χ4n) is 1.44. The highest BCUT2D eigenvalue weighted by Crippen LogP contribution is 2.19. The number of thiazole rings is 1. The van der Waals surface area contributed by atoms with E-state index in [0.29, 0.717) is 11.3 Å². The first-order valence-electron chi connectivity index (χ1n) is 4.84. The zero-order chi connectivity index (χ0) is 11.5. The fourth-order valence-corrected chi connectivity index (χ4v) is 2.17. The molecule has 0 radical (unpaired) electrons. The molecule has 0 saturated carbocycles. The molecule has 0 amide bonds. The molecule has 1 aromatic heterocycles. The SMILES string of the molecule is O=c1[nH]c(O)c(CCc2ccc(O)cc2)s1. The molecule has 0 spiro atoms. The Morgan fingerprint density at radius 1 is 1.12 bits per heavy atom. The van der Waals surface area contributed by atoms with Gasteiger partial charge in [-0.25, -0.2) is 0 Å². The standard InChI is InChI=1S/C11H11NO3S/c13-8-4-1-7(2-5-8)3-6-9-10(14)12-11(15)16-9/h1-2,4-5,13-14H,3,6H2,(H,12,15). The van der Waals surface area contributed by atoms with Crippen LogP contribution < -0.4 is 4.87 Å². The van der Waals surface area contributed by atoms with Gasteiger partial charge in [-0.05, 0) is 30.5 Å². The summed E-state index contributed by atoms with van der Waals surface area (Å²) in [6.07, 6.45) is 1.33. The van der Waals surface area contributed by atoms with Crippen LogP contribution in [0.15, 0.2) is 29.1 Å².